The molecule has 1 heterocycles. The van der Waals surface area contributed by atoms with E-state index in [9.17, 15) is 4.39 Å². The number of nitrogens with one attached hydrogen (secondary N) is 1. The molecule has 0 atom stereocenters. The van der Waals surface area contributed by atoms with Crippen LogP contribution in [0, 0.1) is 9.39 Å². The maximum atomic E-state index is 12.9. The molecule has 0 aliphatic heterocycles. The molecule has 2 aromatic rings. The van der Waals surface area contributed by atoms with Crippen LogP contribution >= 0.6 is 22.6 Å². The predicted molar refractivity (Wildman–Crippen MR) is 48.8 cm³/mol. The van der Waals surface area contributed by atoms with Gasteiger partial charge >= 0.3 is 0 Å². The number of halogens is 2. The highest BCUT2D eigenvalue weighted by atomic mass is 127. The van der Waals surface area contributed by atoms with Gasteiger partial charge < -0.3 is 0 Å². The van der Waals surface area contributed by atoms with Crippen molar-refractivity contribution in [3.63, 3.8) is 0 Å². The Morgan fingerprint density at radius 1 is 1.45 bits per heavy atom. The molecule has 11 heavy (non-hydrogen) atoms. The standard InChI is InChI=1S/C7H4FIN2/c8-5-1-4-3-10-11-7(4)2-6(5)9/h1-3H,(H,10,11). The van der Waals surface area contributed by atoms with Crippen LogP contribution < -0.4 is 0 Å². The van der Waals surface area contributed by atoms with Crippen LogP contribution in [-0.2, 0) is 0 Å². The lowest BCUT2D eigenvalue weighted by Gasteiger charge is -1.92. The van der Waals surface area contributed by atoms with Gasteiger partial charge in [-0.15, -0.1) is 0 Å². The van der Waals surface area contributed by atoms with Gasteiger partial charge in [0.1, 0.15) is 5.82 Å². The van der Waals surface area contributed by atoms with E-state index in [1.807, 2.05) is 22.6 Å². The summed E-state index contributed by atoms with van der Waals surface area (Å²) in [5.41, 5.74) is 0.871. The van der Waals surface area contributed by atoms with Gasteiger partial charge in [0.25, 0.3) is 0 Å². The molecule has 1 aromatic heterocycles. The molecule has 0 unspecified atom stereocenters. The monoisotopic (exact) mass is 262 g/mol. The van der Waals surface area contributed by atoms with Crippen molar-refractivity contribution >= 4 is 33.5 Å². The Kier molecular flexibility index (Phi) is 1.56. The second-order valence-electron chi connectivity index (χ2n) is 2.22. The summed E-state index contributed by atoms with van der Waals surface area (Å²) >= 11 is 1.95. The number of hydrogen-bond acceptors (Lipinski definition) is 1. The summed E-state index contributed by atoms with van der Waals surface area (Å²) in [6.45, 7) is 0. The topological polar surface area (TPSA) is 28.7 Å². The molecule has 1 aromatic carbocycles. The van der Waals surface area contributed by atoms with E-state index < -0.39 is 0 Å². The van der Waals surface area contributed by atoms with Gasteiger partial charge in [0.15, 0.2) is 0 Å². The van der Waals surface area contributed by atoms with Crippen LogP contribution in [0.1, 0.15) is 0 Å². The van der Waals surface area contributed by atoms with Crippen molar-refractivity contribution in [2.45, 2.75) is 0 Å². The highest BCUT2D eigenvalue weighted by Crippen LogP contribution is 2.17. The quantitative estimate of drug-likeness (QED) is 0.725. The van der Waals surface area contributed by atoms with Crippen molar-refractivity contribution in [3.05, 3.63) is 27.7 Å². The predicted octanol–water partition coefficient (Wildman–Crippen LogP) is 2.31. The van der Waals surface area contributed by atoms with Gasteiger partial charge in [-0.1, -0.05) is 0 Å². The molecule has 0 aliphatic rings. The highest BCUT2D eigenvalue weighted by Gasteiger charge is 2.01. The minimum absolute atomic E-state index is 0.195. The molecule has 4 heteroatoms. The molecule has 1 N–H and O–H groups in total. The zero-order valence-corrected chi connectivity index (χ0v) is 7.59. The minimum Gasteiger partial charge on any atom is -0.278 e. The van der Waals surface area contributed by atoms with E-state index in [1.165, 1.54) is 6.07 Å². The Bertz CT molecular complexity index is 360. The van der Waals surface area contributed by atoms with Crippen molar-refractivity contribution in [2.24, 2.45) is 0 Å². The first-order valence-corrected chi connectivity index (χ1v) is 4.13. The second kappa shape index (κ2) is 2.44. The summed E-state index contributed by atoms with van der Waals surface area (Å²) in [6.07, 6.45) is 1.61. The first-order chi connectivity index (χ1) is 5.27. The SMILES string of the molecule is Fc1cc2cn[nH]c2cc1I. The molecule has 0 saturated carbocycles. The Hall–Kier alpha value is -0.650. The third-order valence-electron chi connectivity index (χ3n) is 1.48. The lowest BCUT2D eigenvalue weighted by Crippen LogP contribution is -1.79. The van der Waals surface area contributed by atoms with Gasteiger partial charge in [-0.25, -0.2) is 4.39 Å². The Morgan fingerprint density at radius 3 is 3.09 bits per heavy atom. The van der Waals surface area contributed by atoms with Gasteiger partial charge in [0.2, 0.25) is 0 Å². The number of aromatic amines is 1. The molecule has 0 fully saturated rings. The molecule has 0 saturated heterocycles. The fourth-order valence-corrected chi connectivity index (χ4v) is 1.40. The largest absolute Gasteiger partial charge is 0.278 e. The zero-order chi connectivity index (χ0) is 7.84. The summed E-state index contributed by atoms with van der Waals surface area (Å²) < 4.78 is 13.5. The molecule has 56 valence electrons. The number of H-pyrrole nitrogens is 1. The van der Waals surface area contributed by atoms with E-state index in [1.54, 1.807) is 12.3 Å². The zero-order valence-electron chi connectivity index (χ0n) is 5.44. The van der Waals surface area contributed by atoms with Crippen molar-refractivity contribution in [1.82, 2.24) is 10.2 Å². The number of nitrogens with zero attached hydrogens (tertiary/aromatic N) is 1. The van der Waals surface area contributed by atoms with E-state index in [2.05, 4.69) is 10.2 Å². The van der Waals surface area contributed by atoms with Crippen molar-refractivity contribution in [1.29, 1.82) is 0 Å². The van der Waals surface area contributed by atoms with E-state index in [-0.39, 0.29) is 5.82 Å². The van der Waals surface area contributed by atoms with E-state index in [4.69, 9.17) is 0 Å². The molecule has 0 spiro atoms. The average Bonchev–Trinajstić information content (AvgIpc) is 2.36. The molecule has 2 nitrogen and oxygen atoms in total. The van der Waals surface area contributed by atoms with E-state index >= 15 is 0 Å². The summed E-state index contributed by atoms with van der Waals surface area (Å²) in [4.78, 5) is 0. The lowest BCUT2D eigenvalue weighted by molar-refractivity contribution is 0.622. The summed E-state index contributed by atoms with van der Waals surface area (Å²) in [5.74, 6) is -0.195. The van der Waals surface area contributed by atoms with Crippen molar-refractivity contribution in [2.75, 3.05) is 0 Å². The van der Waals surface area contributed by atoms with Gasteiger partial charge in [-0.2, -0.15) is 5.10 Å². The highest BCUT2D eigenvalue weighted by molar-refractivity contribution is 14.1. The summed E-state index contributed by atoms with van der Waals surface area (Å²) in [5, 5.41) is 7.36. The van der Waals surface area contributed by atoms with E-state index in [0.717, 1.165) is 10.9 Å². The van der Waals surface area contributed by atoms with Gasteiger partial charge in [-0.05, 0) is 34.7 Å². The van der Waals surface area contributed by atoms with Crippen LogP contribution in [0.2, 0.25) is 0 Å². The van der Waals surface area contributed by atoms with E-state index in [0.29, 0.717) is 3.57 Å². The summed E-state index contributed by atoms with van der Waals surface area (Å²) in [6, 6.07) is 3.21. The third kappa shape index (κ3) is 1.11. The molecular weight excluding hydrogens is 258 g/mol. The van der Waals surface area contributed by atoms with Crippen LogP contribution in [0.5, 0.6) is 0 Å². The minimum atomic E-state index is -0.195. The molecule has 0 bridgehead atoms. The lowest BCUT2D eigenvalue weighted by atomic mass is 10.2. The Balaban J connectivity index is 2.86. The maximum absolute atomic E-state index is 12.9. The number of rotatable bonds is 0. The molecule has 2 rings (SSSR count). The molecule has 0 radical (unpaired) electrons. The number of fused-ring (bicyclic) bond motifs is 1. The maximum Gasteiger partial charge on any atom is 0.137 e. The first-order valence-electron chi connectivity index (χ1n) is 3.05. The van der Waals surface area contributed by atoms with Crippen molar-refractivity contribution in [3.8, 4) is 0 Å². The smallest absolute Gasteiger partial charge is 0.137 e. The average molecular weight is 262 g/mol. The van der Waals surface area contributed by atoms with Gasteiger partial charge in [-0.3, -0.25) is 5.10 Å². The number of aromatic nitrogens is 2. The van der Waals surface area contributed by atoms with Crippen LogP contribution in [0.15, 0.2) is 18.3 Å². The fourth-order valence-electron chi connectivity index (χ4n) is 0.937. The normalized spacial score (nSPS) is 10.7. The fraction of sp³-hybridized carbons (Fsp3) is 0. The van der Waals surface area contributed by atoms with Crippen molar-refractivity contribution < 1.29 is 4.39 Å². The van der Waals surface area contributed by atoms with Crippen LogP contribution in [0.3, 0.4) is 0 Å². The van der Waals surface area contributed by atoms with Crippen LogP contribution in [0.25, 0.3) is 10.9 Å². The number of hydrogen-bond donors (Lipinski definition) is 1. The Morgan fingerprint density at radius 2 is 2.27 bits per heavy atom. The van der Waals surface area contributed by atoms with Crippen LogP contribution in [0.4, 0.5) is 4.39 Å². The van der Waals surface area contributed by atoms with Gasteiger partial charge in [0, 0.05) is 5.39 Å². The van der Waals surface area contributed by atoms with Gasteiger partial charge in [0.05, 0.1) is 15.3 Å². The first kappa shape index (κ1) is 7.02. The second-order valence-corrected chi connectivity index (χ2v) is 3.39. The Labute approximate surface area is 75.9 Å². The number of benzene rings is 1. The molecule has 0 aliphatic carbocycles. The van der Waals surface area contributed by atoms with Crippen LogP contribution in [-0.4, -0.2) is 10.2 Å². The summed E-state index contributed by atoms with van der Waals surface area (Å²) in [7, 11) is 0. The molecule has 0 amide bonds. The molecular formula is C7H4FIN2. The third-order valence-corrected chi connectivity index (χ3v) is 2.31.